The summed E-state index contributed by atoms with van der Waals surface area (Å²) in [7, 11) is 0. The predicted octanol–water partition coefficient (Wildman–Crippen LogP) is 2.92. The van der Waals surface area contributed by atoms with E-state index in [-0.39, 0.29) is 0 Å². The average Bonchev–Trinajstić information content (AvgIpc) is 2.48. The molecule has 0 aliphatic rings. The van der Waals surface area contributed by atoms with Gasteiger partial charge in [-0.25, -0.2) is 10.3 Å². The summed E-state index contributed by atoms with van der Waals surface area (Å²) in [5.41, 5.74) is 4.60. The van der Waals surface area contributed by atoms with Gasteiger partial charge in [-0.05, 0) is 23.8 Å². The number of hydroxylamine groups is 1. The first-order chi connectivity index (χ1) is 9.78. The van der Waals surface area contributed by atoms with Crippen molar-refractivity contribution in [3.63, 3.8) is 0 Å². The number of hydrogen-bond donors (Lipinski definition) is 2. The van der Waals surface area contributed by atoms with E-state index >= 15 is 0 Å². The minimum Gasteiger partial charge on any atom is -0.306 e. The lowest BCUT2D eigenvalue weighted by Crippen LogP contribution is -2.28. The van der Waals surface area contributed by atoms with E-state index in [1.54, 1.807) is 24.3 Å². The van der Waals surface area contributed by atoms with Crippen molar-refractivity contribution in [2.75, 3.05) is 5.32 Å². The zero-order valence-corrected chi connectivity index (χ0v) is 10.8. The maximum atomic E-state index is 11.6. The Bertz CT molecular complexity index is 618. The van der Waals surface area contributed by atoms with Crippen LogP contribution in [0.15, 0.2) is 54.6 Å². The quantitative estimate of drug-likeness (QED) is 0.660. The maximum Gasteiger partial charge on any atom is 0.343 e. The molecule has 0 unspecified atom stereocenters. The summed E-state index contributed by atoms with van der Waals surface area (Å²) in [5.74, 6) is 2.50. The van der Waals surface area contributed by atoms with Gasteiger partial charge in [0.1, 0.15) is 0 Å². The van der Waals surface area contributed by atoms with Gasteiger partial charge < -0.3 is 5.32 Å². The minimum atomic E-state index is -0.449. The van der Waals surface area contributed by atoms with Crippen molar-refractivity contribution in [2.24, 2.45) is 0 Å². The van der Waals surface area contributed by atoms with Crippen molar-refractivity contribution in [1.29, 1.82) is 0 Å². The Labute approximate surface area is 117 Å². The summed E-state index contributed by atoms with van der Waals surface area (Å²) >= 11 is 0. The van der Waals surface area contributed by atoms with Crippen molar-refractivity contribution in [2.45, 2.75) is 6.61 Å². The molecular formula is C16H14N2O2. The number of carbonyl (C=O) groups excluding carboxylic acids is 1. The van der Waals surface area contributed by atoms with Crippen LogP contribution in [0.2, 0.25) is 0 Å². The number of benzene rings is 2. The molecule has 2 N–H and O–H groups in total. The van der Waals surface area contributed by atoms with Crippen LogP contribution >= 0.6 is 0 Å². The van der Waals surface area contributed by atoms with Crippen molar-refractivity contribution >= 4 is 11.7 Å². The molecule has 0 atom stereocenters. The van der Waals surface area contributed by atoms with Crippen LogP contribution < -0.4 is 10.8 Å². The number of amides is 2. The lowest BCUT2D eigenvalue weighted by molar-refractivity contribution is 0.0536. The van der Waals surface area contributed by atoms with Crippen molar-refractivity contribution < 1.29 is 9.63 Å². The van der Waals surface area contributed by atoms with Crippen LogP contribution in [-0.4, -0.2) is 6.03 Å². The van der Waals surface area contributed by atoms with E-state index in [1.807, 2.05) is 30.3 Å². The summed E-state index contributed by atoms with van der Waals surface area (Å²) in [6, 6.07) is 16.1. The normalized spacial score (nSPS) is 9.55. The molecule has 0 saturated carbocycles. The Morgan fingerprint density at radius 1 is 1.15 bits per heavy atom. The highest BCUT2D eigenvalue weighted by Crippen LogP contribution is 2.09. The summed E-state index contributed by atoms with van der Waals surface area (Å²) in [4.78, 5) is 16.7. The van der Waals surface area contributed by atoms with Crippen molar-refractivity contribution in [1.82, 2.24) is 5.48 Å². The molecule has 0 radical (unpaired) electrons. The topological polar surface area (TPSA) is 50.4 Å². The monoisotopic (exact) mass is 266 g/mol. The summed E-state index contributed by atoms with van der Waals surface area (Å²) in [6.07, 6.45) is 5.29. The highest BCUT2D eigenvalue weighted by atomic mass is 16.7. The minimum absolute atomic E-state index is 0.304. The molecule has 0 saturated heterocycles. The summed E-state index contributed by atoms with van der Waals surface area (Å²) in [6.45, 7) is 0.304. The fourth-order valence-electron chi connectivity index (χ4n) is 1.60. The van der Waals surface area contributed by atoms with Crippen LogP contribution in [0.1, 0.15) is 11.1 Å². The molecule has 0 spiro atoms. The molecule has 4 nitrogen and oxygen atoms in total. The largest absolute Gasteiger partial charge is 0.343 e. The zero-order chi connectivity index (χ0) is 14.2. The van der Waals surface area contributed by atoms with Crippen LogP contribution in [0.3, 0.4) is 0 Å². The van der Waals surface area contributed by atoms with Gasteiger partial charge in [0.25, 0.3) is 0 Å². The lowest BCUT2D eigenvalue weighted by atomic mass is 10.2. The summed E-state index contributed by atoms with van der Waals surface area (Å²) in [5, 5.41) is 2.63. The van der Waals surface area contributed by atoms with Crippen LogP contribution in [-0.2, 0) is 11.4 Å². The smallest absolute Gasteiger partial charge is 0.306 e. The van der Waals surface area contributed by atoms with E-state index < -0.39 is 6.03 Å². The van der Waals surface area contributed by atoms with Gasteiger partial charge in [-0.15, -0.1) is 6.42 Å². The van der Waals surface area contributed by atoms with Crippen LogP contribution in [0.4, 0.5) is 10.5 Å². The van der Waals surface area contributed by atoms with Crippen molar-refractivity contribution in [3.05, 3.63) is 65.7 Å². The lowest BCUT2D eigenvalue weighted by Gasteiger charge is -2.08. The molecule has 0 bridgehead atoms. The zero-order valence-electron chi connectivity index (χ0n) is 10.8. The van der Waals surface area contributed by atoms with Gasteiger partial charge >= 0.3 is 6.03 Å². The van der Waals surface area contributed by atoms with E-state index in [2.05, 4.69) is 16.7 Å². The van der Waals surface area contributed by atoms with Gasteiger partial charge in [0.05, 0.1) is 6.61 Å². The molecular weight excluding hydrogens is 252 g/mol. The van der Waals surface area contributed by atoms with Gasteiger partial charge in [-0.3, -0.25) is 4.84 Å². The van der Waals surface area contributed by atoms with E-state index in [0.717, 1.165) is 5.56 Å². The molecule has 0 aromatic heterocycles. The van der Waals surface area contributed by atoms with Crippen LogP contribution in [0.5, 0.6) is 0 Å². The molecule has 0 aliphatic heterocycles. The SMILES string of the molecule is C#Cc1cccc(NC(=O)NOCc2ccccc2)c1. The third kappa shape index (κ3) is 4.16. The highest BCUT2D eigenvalue weighted by Gasteiger charge is 2.02. The number of hydrogen-bond acceptors (Lipinski definition) is 2. The van der Waals surface area contributed by atoms with Gasteiger partial charge in [-0.1, -0.05) is 42.3 Å². The molecule has 2 aromatic rings. The van der Waals surface area contributed by atoms with Gasteiger partial charge in [0, 0.05) is 11.3 Å². The van der Waals surface area contributed by atoms with Gasteiger partial charge in [0.15, 0.2) is 0 Å². The van der Waals surface area contributed by atoms with E-state index in [9.17, 15) is 4.79 Å². The Kier molecular flexibility index (Phi) is 4.76. The summed E-state index contributed by atoms with van der Waals surface area (Å²) < 4.78 is 0. The first-order valence-electron chi connectivity index (χ1n) is 6.07. The third-order valence-corrected chi connectivity index (χ3v) is 2.53. The van der Waals surface area contributed by atoms with E-state index in [0.29, 0.717) is 17.9 Å². The first kappa shape index (κ1) is 13.7. The second kappa shape index (κ2) is 6.98. The number of anilines is 1. The predicted molar refractivity (Wildman–Crippen MR) is 77.8 cm³/mol. The highest BCUT2D eigenvalue weighted by molar-refractivity contribution is 5.88. The first-order valence-corrected chi connectivity index (χ1v) is 6.07. The fourth-order valence-corrected chi connectivity index (χ4v) is 1.60. The Morgan fingerprint density at radius 2 is 1.95 bits per heavy atom. The van der Waals surface area contributed by atoms with Crippen LogP contribution in [0, 0.1) is 12.3 Å². The molecule has 100 valence electrons. The van der Waals surface area contributed by atoms with Crippen LogP contribution in [0.25, 0.3) is 0 Å². The molecule has 0 fully saturated rings. The molecule has 2 amide bonds. The number of rotatable bonds is 4. The second-order valence-electron chi connectivity index (χ2n) is 4.06. The third-order valence-electron chi connectivity index (χ3n) is 2.53. The van der Waals surface area contributed by atoms with Crippen molar-refractivity contribution in [3.8, 4) is 12.3 Å². The number of nitrogens with one attached hydrogen (secondary N) is 2. The van der Waals surface area contributed by atoms with E-state index in [4.69, 9.17) is 11.3 Å². The Balaban J connectivity index is 1.79. The standard InChI is InChI=1S/C16H14N2O2/c1-2-13-9-6-10-15(11-13)17-16(19)18-20-12-14-7-4-3-5-8-14/h1,3-11H,12H2,(H2,17,18,19). The molecule has 20 heavy (non-hydrogen) atoms. The fraction of sp³-hybridized carbons (Fsp3) is 0.0625. The number of urea groups is 1. The van der Waals surface area contributed by atoms with Gasteiger partial charge in [0.2, 0.25) is 0 Å². The van der Waals surface area contributed by atoms with E-state index in [1.165, 1.54) is 0 Å². The molecule has 2 rings (SSSR count). The van der Waals surface area contributed by atoms with Gasteiger partial charge in [-0.2, -0.15) is 0 Å². The number of carbonyl (C=O) groups is 1. The molecule has 0 aliphatic carbocycles. The molecule has 0 heterocycles. The second-order valence-corrected chi connectivity index (χ2v) is 4.06. The molecule has 4 heteroatoms. The number of terminal acetylenes is 1. The Morgan fingerprint density at radius 3 is 2.70 bits per heavy atom. The molecule has 2 aromatic carbocycles. The Hall–Kier alpha value is -2.77. The average molecular weight is 266 g/mol. The maximum absolute atomic E-state index is 11.6.